The van der Waals surface area contributed by atoms with E-state index in [1.54, 1.807) is 6.07 Å². The van der Waals surface area contributed by atoms with E-state index in [1.165, 1.54) is 12.1 Å². The Kier molecular flexibility index (Phi) is 10.1. The van der Waals surface area contributed by atoms with Crippen molar-refractivity contribution < 1.29 is 24.5 Å². The van der Waals surface area contributed by atoms with Gasteiger partial charge >= 0.3 is 0 Å². The number of carbonyl (C=O) groups is 2. The van der Waals surface area contributed by atoms with Crippen LogP contribution in [0.1, 0.15) is 40.7 Å². The van der Waals surface area contributed by atoms with Gasteiger partial charge in [0.15, 0.2) is 5.75 Å². The van der Waals surface area contributed by atoms with Crippen molar-refractivity contribution in [1.29, 1.82) is 0 Å². The molecule has 0 fully saturated rings. The molecule has 3 aromatic rings. The summed E-state index contributed by atoms with van der Waals surface area (Å²) in [6.07, 6.45) is 1.96. The molecule has 1 amide bonds. The predicted octanol–water partition coefficient (Wildman–Crippen LogP) is 5.60. The van der Waals surface area contributed by atoms with Gasteiger partial charge in [0.25, 0.3) is 5.91 Å². The first-order valence-corrected chi connectivity index (χ1v) is 13.0. The fourth-order valence-corrected chi connectivity index (χ4v) is 5.41. The van der Waals surface area contributed by atoms with Crippen molar-refractivity contribution in [1.82, 2.24) is 5.32 Å². The molecule has 0 aliphatic heterocycles. The van der Waals surface area contributed by atoms with Crippen molar-refractivity contribution in [2.45, 2.75) is 32.2 Å². The number of ether oxygens (including phenoxy) is 1. The molecule has 0 bridgehead atoms. The second kappa shape index (κ2) is 13.1. The number of carbonyl (C=O) groups excluding carboxylic acids is 2. The Hall–Kier alpha value is -2.18. The molecule has 0 spiro atoms. The highest BCUT2D eigenvalue weighted by Gasteiger charge is 2.16. The zero-order chi connectivity index (χ0) is 24.5. The molecule has 0 radical (unpaired) electrons. The fourth-order valence-electron chi connectivity index (χ4n) is 3.29. The van der Waals surface area contributed by atoms with Crippen LogP contribution in [0.2, 0.25) is 0 Å². The molecular formula is C26H25I2NO5. The lowest BCUT2D eigenvalue weighted by Gasteiger charge is -2.14. The highest BCUT2D eigenvalue weighted by atomic mass is 127. The van der Waals surface area contributed by atoms with Crippen molar-refractivity contribution in [3.05, 3.63) is 84.5 Å². The summed E-state index contributed by atoms with van der Waals surface area (Å²) in [6.45, 7) is 0.380. The quantitative estimate of drug-likeness (QED) is 0.229. The van der Waals surface area contributed by atoms with Crippen LogP contribution in [0.4, 0.5) is 0 Å². The molecule has 0 saturated carbocycles. The van der Waals surface area contributed by atoms with E-state index in [0.29, 0.717) is 43.7 Å². The van der Waals surface area contributed by atoms with Gasteiger partial charge in [-0.05, 0) is 99.5 Å². The summed E-state index contributed by atoms with van der Waals surface area (Å²) < 4.78 is 7.84. The maximum Gasteiger partial charge on any atom is 0.255 e. The third kappa shape index (κ3) is 7.67. The van der Waals surface area contributed by atoms with Crippen molar-refractivity contribution in [3.63, 3.8) is 0 Å². The Morgan fingerprint density at radius 2 is 1.62 bits per heavy atom. The molecule has 0 heterocycles. The molecule has 3 rings (SSSR count). The lowest BCUT2D eigenvalue weighted by Crippen LogP contribution is -2.22. The molecule has 0 aliphatic rings. The molecule has 0 aliphatic carbocycles. The first-order valence-electron chi connectivity index (χ1n) is 10.8. The lowest BCUT2D eigenvalue weighted by molar-refractivity contribution is -0.119. The van der Waals surface area contributed by atoms with Gasteiger partial charge in [-0.1, -0.05) is 30.3 Å². The Morgan fingerprint density at radius 1 is 0.912 bits per heavy atom. The van der Waals surface area contributed by atoms with Gasteiger partial charge in [0.1, 0.15) is 17.3 Å². The molecule has 0 aromatic heterocycles. The number of halogens is 2. The average molecular weight is 685 g/mol. The maximum absolute atomic E-state index is 12.6. The van der Waals surface area contributed by atoms with Gasteiger partial charge in [-0.3, -0.25) is 9.59 Å². The molecule has 0 saturated heterocycles. The van der Waals surface area contributed by atoms with E-state index in [2.05, 4.69) is 50.5 Å². The van der Waals surface area contributed by atoms with Crippen LogP contribution in [0.3, 0.4) is 0 Å². The van der Waals surface area contributed by atoms with Gasteiger partial charge in [-0.15, -0.1) is 0 Å². The first-order chi connectivity index (χ1) is 16.4. The number of aliphatic hydroxyl groups excluding tert-OH is 1. The van der Waals surface area contributed by atoms with Gasteiger partial charge in [-0.2, -0.15) is 0 Å². The number of ketones is 1. The van der Waals surface area contributed by atoms with Crippen LogP contribution >= 0.6 is 45.2 Å². The minimum absolute atomic E-state index is 0.0290. The summed E-state index contributed by atoms with van der Waals surface area (Å²) in [6, 6.07) is 18.1. The minimum atomic E-state index is -0.391. The summed E-state index contributed by atoms with van der Waals surface area (Å²) >= 11 is 4.38. The zero-order valence-electron chi connectivity index (χ0n) is 18.4. The van der Waals surface area contributed by atoms with Gasteiger partial charge in [-0.25, -0.2) is 0 Å². The first kappa shape index (κ1) is 26.4. The maximum atomic E-state index is 12.6. The van der Waals surface area contributed by atoms with Crippen LogP contribution in [0, 0.1) is 7.14 Å². The van der Waals surface area contributed by atoms with Crippen molar-refractivity contribution >= 4 is 56.9 Å². The number of phenols is 1. The van der Waals surface area contributed by atoms with E-state index in [0.717, 1.165) is 18.3 Å². The second-order valence-electron chi connectivity index (χ2n) is 7.70. The predicted molar refractivity (Wildman–Crippen MR) is 147 cm³/mol. The van der Waals surface area contributed by atoms with E-state index < -0.39 is 5.91 Å². The number of nitrogens with one attached hydrogen (secondary N) is 1. The number of Topliss-reactive ketones (excluding diaryl/α,β-unsaturated/α-hetero) is 1. The summed E-state index contributed by atoms with van der Waals surface area (Å²) in [5.74, 6) is 0.714. The van der Waals surface area contributed by atoms with Gasteiger partial charge < -0.3 is 20.3 Å². The normalized spacial score (nSPS) is 10.7. The van der Waals surface area contributed by atoms with E-state index in [9.17, 15) is 14.7 Å². The molecule has 178 valence electrons. The summed E-state index contributed by atoms with van der Waals surface area (Å²) in [4.78, 5) is 24.5. The van der Waals surface area contributed by atoms with Crippen LogP contribution in [0.25, 0.3) is 0 Å². The standard InChI is InChI=1S/C26H25I2NO5/c27-22-13-18(8-9-19(31)7-4-12-30)14-23(28)25(22)34-20-10-11-24(32)21(15-20)26(33)29-16-17-5-2-1-3-6-17/h1-3,5-6,10-11,13-15,30,32H,4,7-9,12,16H2,(H,29,33). The van der Waals surface area contributed by atoms with Gasteiger partial charge in [0.2, 0.25) is 0 Å². The van der Waals surface area contributed by atoms with Crippen molar-refractivity contribution in [2.24, 2.45) is 0 Å². The number of amides is 1. The number of aromatic hydroxyl groups is 1. The average Bonchev–Trinajstić information content (AvgIpc) is 2.83. The monoisotopic (exact) mass is 685 g/mol. The largest absolute Gasteiger partial charge is 0.507 e. The number of hydrogen-bond acceptors (Lipinski definition) is 5. The number of phenolic OH excluding ortho intramolecular Hbond substituents is 1. The van der Waals surface area contributed by atoms with Gasteiger partial charge in [0, 0.05) is 26.0 Å². The lowest BCUT2D eigenvalue weighted by atomic mass is 10.1. The topological polar surface area (TPSA) is 95.9 Å². The molecule has 3 aromatic carbocycles. The minimum Gasteiger partial charge on any atom is -0.507 e. The molecule has 3 N–H and O–H groups in total. The molecule has 6 nitrogen and oxygen atoms in total. The van der Waals surface area contributed by atoms with E-state index >= 15 is 0 Å². The number of aryl methyl sites for hydroxylation is 1. The zero-order valence-corrected chi connectivity index (χ0v) is 22.7. The molecule has 34 heavy (non-hydrogen) atoms. The Balaban J connectivity index is 1.69. The Morgan fingerprint density at radius 3 is 2.29 bits per heavy atom. The van der Waals surface area contributed by atoms with Gasteiger partial charge in [0.05, 0.1) is 12.7 Å². The molecule has 0 unspecified atom stereocenters. The Bertz CT molecular complexity index is 1130. The SMILES string of the molecule is O=C(CCCO)CCc1cc(I)c(Oc2ccc(O)c(C(=O)NCc3ccccc3)c2)c(I)c1. The smallest absolute Gasteiger partial charge is 0.255 e. The third-order valence-electron chi connectivity index (χ3n) is 5.09. The summed E-state index contributed by atoms with van der Waals surface area (Å²) in [7, 11) is 0. The Labute approximate surface area is 226 Å². The third-order valence-corrected chi connectivity index (χ3v) is 6.70. The van der Waals surface area contributed by atoms with Crippen LogP contribution in [-0.4, -0.2) is 28.5 Å². The highest BCUT2D eigenvalue weighted by molar-refractivity contribution is 14.1. The number of rotatable bonds is 11. The van der Waals surface area contributed by atoms with Crippen LogP contribution < -0.4 is 10.1 Å². The molecule has 8 heteroatoms. The molecule has 0 atom stereocenters. The van der Waals surface area contributed by atoms with Crippen LogP contribution in [-0.2, 0) is 17.8 Å². The van der Waals surface area contributed by atoms with E-state index in [4.69, 9.17) is 9.84 Å². The van der Waals surface area contributed by atoms with E-state index in [-0.39, 0.29) is 23.7 Å². The summed E-state index contributed by atoms with van der Waals surface area (Å²) in [5.41, 5.74) is 2.13. The highest BCUT2D eigenvalue weighted by Crippen LogP contribution is 2.34. The number of aliphatic hydroxyl groups is 1. The molecular weight excluding hydrogens is 660 g/mol. The summed E-state index contributed by atoms with van der Waals surface area (Å²) in [5, 5.41) is 21.9. The second-order valence-corrected chi connectivity index (χ2v) is 10.0. The van der Waals surface area contributed by atoms with Crippen molar-refractivity contribution in [2.75, 3.05) is 6.61 Å². The fraction of sp³-hybridized carbons (Fsp3) is 0.231. The number of benzene rings is 3. The number of hydrogen-bond donors (Lipinski definition) is 3. The van der Waals surface area contributed by atoms with E-state index in [1.807, 2.05) is 42.5 Å². The van der Waals surface area contributed by atoms with Crippen LogP contribution in [0.15, 0.2) is 60.7 Å². The van der Waals surface area contributed by atoms with Crippen LogP contribution in [0.5, 0.6) is 17.2 Å². The van der Waals surface area contributed by atoms with Crippen molar-refractivity contribution in [3.8, 4) is 17.2 Å².